The second kappa shape index (κ2) is 9.95. The van der Waals surface area contributed by atoms with Gasteiger partial charge in [0.2, 0.25) is 0 Å². The Kier molecular flexibility index (Phi) is 6.84. The zero-order chi connectivity index (χ0) is 23.4. The van der Waals surface area contributed by atoms with E-state index in [1.165, 1.54) is 0 Å². The van der Waals surface area contributed by atoms with E-state index in [1.54, 1.807) is 30.2 Å². The quantitative estimate of drug-likeness (QED) is 0.404. The first-order valence-electron chi connectivity index (χ1n) is 11.2. The molecule has 1 atom stereocenters. The number of carbonyl (C=O) groups is 1. The molecule has 0 aliphatic carbocycles. The number of phenols is 1. The van der Waals surface area contributed by atoms with Crippen molar-refractivity contribution in [1.82, 2.24) is 15.1 Å². The predicted molar refractivity (Wildman–Crippen MR) is 124 cm³/mol. The number of aliphatic hydroxyl groups is 1. The average Bonchev–Trinajstić information content (AvgIpc) is 3.37. The van der Waals surface area contributed by atoms with E-state index in [2.05, 4.69) is 17.1 Å². The lowest BCUT2D eigenvalue weighted by atomic mass is 9.95. The van der Waals surface area contributed by atoms with E-state index < -0.39 is 6.04 Å². The highest BCUT2D eigenvalue weighted by Gasteiger charge is 2.42. The number of aliphatic hydroxyl groups excluding tert-OH is 1. The van der Waals surface area contributed by atoms with Crippen LogP contribution in [0.25, 0.3) is 11.3 Å². The van der Waals surface area contributed by atoms with Crippen LogP contribution in [-0.4, -0.2) is 58.1 Å². The van der Waals surface area contributed by atoms with Crippen molar-refractivity contribution in [2.24, 2.45) is 0 Å². The fourth-order valence-corrected chi connectivity index (χ4v) is 4.19. The number of hydrogen-bond acceptors (Lipinski definition) is 6. The third-order valence-corrected chi connectivity index (χ3v) is 5.84. The van der Waals surface area contributed by atoms with Crippen molar-refractivity contribution in [2.75, 3.05) is 26.9 Å². The number of ether oxygens (including phenoxy) is 2. The molecule has 0 bridgehead atoms. The Morgan fingerprint density at radius 3 is 2.70 bits per heavy atom. The number of H-pyrrole nitrogens is 1. The molecule has 1 amide bonds. The van der Waals surface area contributed by atoms with Crippen molar-refractivity contribution < 1.29 is 24.5 Å². The second-order valence-electron chi connectivity index (χ2n) is 7.97. The number of hydrogen-bond donors (Lipinski definition) is 3. The number of benzene rings is 2. The van der Waals surface area contributed by atoms with Crippen LogP contribution in [0, 0.1) is 0 Å². The van der Waals surface area contributed by atoms with Crippen LogP contribution in [0.5, 0.6) is 17.2 Å². The molecule has 2 heterocycles. The summed E-state index contributed by atoms with van der Waals surface area (Å²) >= 11 is 0. The molecule has 2 aromatic carbocycles. The maximum absolute atomic E-state index is 13.3. The molecule has 174 valence electrons. The van der Waals surface area contributed by atoms with Gasteiger partial charge in [-0.3, -0.25) is 9.89 Å². The summed E-state index contributed by atoms with van der Waals surface area (Å²) in [6.07, 6.45) is 2.42. The lowest BCUT2D eigenvalue weighted by Gasteiger charge is -2.27. The number of rotatable bonds is 10. The van der Waals surface area contributed by atoms with Gasteiger partial charge in [-0.25, -0.2) is 0 Å². The molecular formula is C25H29N3O5. The van der Waals surface area contributed by atoms with Crippen LogP contribution in [0.2, 0.25) is 0 Å². The van der Waals surface area contributed by atoms with Gasteiger partial charge in [0.05, 0.1) is 19.8 Å². The SMILES string of the molecule is CCCCOc1ccc([C@@H]2c3c(-c4ccccc4O)n[nH]c3C(=O)N2CCCO)cc1OC. The number of aromatic nitrogens is 2. The molecule has 3 aromatic rings. The van der Waals surface area contributed by atoms with Gasteiger partial charge < -0.3 is 24.6 Å². The molecular weight excluding hydrogens is 422 g/mol. The van der Waals surface area contributed by atoms with Gasteiger partial charge in [-0.15, -0.1) is 0 Å². The molecule has 3 N–H and O–H groups in total. The Hall–Kier alpha value is -3.52. The Labute approximate surface area is 192 Å². The predicted octanol–water partition coefficient (Wildman–Crippen LogP) is 3.90. The van der Waals surface area contributed by atoms with Crippen LogP contribution in [-0.2, 0) is 0 Å². The molecule has 0 saturated carbocycles. The number of phenolic OH excluding ortho intramolecular Hbond substituents is 1. The summed E-state index contributed by atoms with van der Waals surface area (Å²) in [7, 11) is 1.59. The van der Waals surface area contributed by atoms with E-state index in [4.69, 9.17) is 9.47 Å². The van der Waals surface area contributed by atoms with E-state index in [0.29, 0.717) is 53.6 Å². The van der Waals surface area contributed by atoms with E-state index in [0.717, 1.165) is 18.4 Å². The standard InChI is InChI=1S/C25H29N3O5/c1-3-4-14-33-19-11-10-16(15-20(19)32-2)24-21-22(17-8-5-6-9-18(17)30)26-27-23(21)25(31)28(24)12-7-13-29/h5-6,8-11,15,24,29-30H,3-4,7,12-14H2,1-2H3,(H,26,27)/t24-/m1/s1. The minimum atomic E-state index is -0.453. The minimum Gasteiger partial charge on any atom is -0.507 e. The lowest BCUT2D eigenvalue weighted by Crippen LogP contribution is -2.31. The largest absolute Gasteiger partial charge is 0.507 e. The first-order chi connectivity index (χ1) is 16.1. The number of unbranched alkanes of at least 4 members (excludes halogenated alkanes) is 1. The van der Waals surface area contributed by atoms with Crippen molar-refractivity contribution in [3.63, 3.8) is 0 Å². The second-order valence-corrected chi connectivity index (χ2v) is 7.97. The molecule has 1 aliphatic heterocycles. The van der Waals surface area contributed by atoms with Crippen molar-refractivity contribution in [3.8, 4) is 28.5 Å². The molecule has 0 saturated heterocycles. The number of aromatic hydroxyl groups is 1. The van der Waals surface area contributed by atoms with Crippen molar-refractivity contribution in [3.05, 3.63) is 59.3 Å². The number of methoxy groups -OCH3 is 1. The molecule has 1 aromatic heterocycles. The summed E-state index contributed by atoms with van der Waals surface area (Å²) in [6, 6.07) is 12.1. The maximum atomic E-state index is 13.3. The highest BCUT2D eigenvalue weighted by Crippen LogP contribution is 2.45. The zero-order valence-corrected chi connectivity index (χ0v) is 18.9. The van der Waals surface area contributed by atoms with Crippen LogP contribution >= 0.6 is 0 Å². The maximum Gasteiger partial charge on any atom is 0.273 e. The summed E-state index contributed by atoms with van der Waals surface area (Å²) in [5.41, 5.74) is 2.98. The third-order valence-electron chi connectivity index (χ3n) is 5.84. The summed E-state index contributed by atoms with van der Waals surface area (Å²) in [4.78, 5) is 15.0. The van der Waals surface area contributed by atoms with Gasteiger partial charge in [-0.2, -0.15) is 5.10 Å². The van der Waals surface area contributed by atoms with Crippen LogP contribution < -0.4 is 9.47 Å². The zero-order valence-electron chi connectivity index (χ0n) is 18.9. The van der Waals surface area contributed by atoms with Gasteiger partial charge in [-0.05, 0) is 42.7 Å². The molecule has 0 fully saturated rings. The average molecular weight is 452 g/mol. The number of amides is 1. The number of aromatic amines is 1. The number of carbonyl (C=O) groups excluding carboxylic acids is 1. The van der Waals surface area contributed by atoms with Gasteiger partial charge in [0.15, 0.2) is 11.5 Å². The van der Waals surface area contributed by atoms with E-state index >= 15 is 0 Å². The van der Waals surface area contributed by atoms with Gasteiger partial charge in [0, 0.05) is 24.3 Å². The van der Waals surface area contributed by atoms with E-state index in [1.807, 2.05) is 24.3 Å². The smallest absolute Gasteiger partial charge is 0.273 e. The lowest BCUT2D eigenvalue weighted by molar-refractivity contribution is 0.0732. The summed E-state index contributed by atoms with van der Waals surface area (Å²) in [5.74, 6) is 1.12. The van der Waals surface area contributed by atoms with Crippen molar-refractivity contribution in [2.45, 2.75) is 32.2 Å². The molecule has 0 radical (unpaired) electrons. The van der Waals surface area contributed by atoms with E-state index in [9.17, 15) is 15.0 Å². The number of nitrogens with one attached hydrogen (secondary N) is 1. The van der Waals surface area contributed by atoms with Gasteiger partial charge >= 0.3 is 0 Å². The van der Waals surface area contributed by atoms with Crippen molar-refractivity contribution >= 4 is 5.91 Å². The highest BCUT2D eigenvalue weighted by molar-refractivity contribution is 6.00. The molecule has 0 spiro atoms. The van der Waals surface area contributed by atoms with Gasteiger partial charge in [-0.1, -0.05) is 31.5 Å². The molecule has 33 heavy (non-hydrogen) atoms. The highest BCUT2D eigenvalue weighted by atomic mass is 16.5. The van der Waals surface area contributed by atoms with Gasteiger partial charge in [0.1, 0.15) is 17.1 Å². The summed E-state index contributed by atoms with van der Waals surface area (Å²) in [5, 5.41) is 27.1. The molecule has 0 unspecified atom stereocenters. The normalized spacial score (nSPS) is 15.1. The fraction of sp³-hybridized carbons (Fsp3) is 0.360. The van der Waals surface area contributed by atoms with E-state index in [-0.39, 0.29) is 18.3 Å². The van der Waals surface area contributed by atoms with Crippen LogP contribution in [0.1, 0.15) is 53.8 Å². The first-order valence-corrected chi connectivity index (χ1v) is 11.2. The van der Waals surface area contributed by atoms with Gasteiger partial charge in [0.25, 0.3) is 5.91 Å². The third kappa shape index (κ3) is 4.26. The van der Waals surface area contributed by atoms with Crippen molar-refractivity contribution in [1.29, 1.82) is 0 Å². The number of fused-ring (bicyclic) bond motifs is 1. The Balaban J connectivity index is 1.80. The van der Waals surface area contributed by atoms with Crippen LogP contribution in [0.4, 0.5) is 0 Å². The Bertz CT molecular complexity index is 1130. The summed E-state index contributed by atoms with van der Waals surface area (Å²) in [6.45, 7) is 3.05. The van der Waals surface area contributed by atoms with Crippen LogP contribution in [0.3, 0.4) is 0 Å². The topological polar surface area (TPSA) is 108 Å². The molecule has 8 nitrogen and oxygen atoms in total. The Morgan fingerprint density at radius 2 is 1.97 bits per heavy atom. The number of nitrogens with zero attached hydrogens (tertiary/aromatic N) is 2. The Morgan fingerprint density at radius 1 is 1.15 bits per heavy atom. The molecule has 1 aliphatic rings. The first kappa shape index (κ1) is 22.7. The molecule has 8 heteroatoms. The number of para-hydroxylation sites is 1. The fourth-order valence-electron chi connectivity index (χ4n) is 4.19. The van der Waals surface area contributed by atoms with Crippen LogP contribution in [0.15, 0.2) is 42.5 Å². The minimum absolute atomic E-state index is 0.0253. The summed E-state index contributed by atoms with van der Waals surface area (Å²) < 4.78 is 11.5. The monoisotopic (exact) mass is 451 g/mol. The molecule has 4 rings (SSSR count).